The average molecular weight is 497 g/mol. The van der Waals surface area contributed by atoms with Crippen molar-refractivity contribution in [1.29, 1.82) is 0 Å². The zero-order valence-electron chi connectivity index (χ0n) is 20.1. The van der Waals surface area contributed by atoms with Crippen LogP contribution in [0, 0.1) is 11.6 Å². The summed E-state index contributed by atoms with van der Waals surface area (Å²) >= 11 is 0. The third-order valence-corrected chi connectivity index (χ3v) is 6.19. The van der Waals surface area contributed by atoms with Crippen LogP contribution in [0.1, 0.15) is 18.4 Å². The molecule has 0 aliphatic rings. The molecule has 0 saturated carbocycles. The third-order valence-electron chi connectivity index (χ3n) is 6.19. The number of nitrogens with zero attached hydrogens (tertiary/aromatic N) is 2. The van der Waals surface area contributed by atoms with E-state index in [9.17, 15) is 13.6 Å². The molecular weight excluding hydrogens is 474 g/mol. The molecule has 184 valence electrons. The summed E-state index contributed by atoms with van der Waals surface area (Å²) < 4.78 is 39.3. The standard InChI is InChI=1S/C30H22F2N2O3/c1-18(20-10-11-22-17-23(36-2)14-12-21(22)16-20)30(35)37-27-15-13-19-6-3-4-7-24(19)28(27)33-34-29-25(31)8-5-9-26(29)32/h3-18H,1-2H3/t18-/m0/s1. The zero-order valence-corrected chi connectivity index (χ0v) is 20.1. The molecule has 5 aromatic rings. The molecular formula is C30H22F2N2O3. The SMILES string of the molecule is COc1ccc2cc([C@H](C)C(=O)Oc3ccc4ccccc4c3N=Nc3c(F)cccc3F)ccc2c1. The Balaban J connectivity index is 1.48. The molecule has 0 aromatic heterocycles. The number of fused-ring (bicyclic) bond motifs is 2. The van der Waals surface area contributed by atoms with Crippen LogP contribution in [0.4, 0.5) is 20.2 Å². The van der Waals surface area contributed by atoms with E-state index in [-0.39, 0.29) is 11.4 Å². The number of esters is 1. The highest BCUT2D eigenvalue weighted by Gasteiger charge is 2.21. The Morgan fingerprint density at radius 2 is 1.43 bits per heavy atom. The van der Waals surface area contributed by atoms with Crippen molar-refractivity contribution in [2.75, 3.05) is 7.11 Å². The molecule has 0 aliphatic heterocycles. The molecule has 37 heavy (non-hydrogen) atoms. The first-order valence-corrected chi connectivity index (χ1v) is 11.6. The van der Waals surface area contributed by atoms with Crippen LogP contribution < -0.4 is 9.47 Å². The van der Waals surface area contributed by atoms with Crippen molar-refractivity contribution in [3.63, 3.8) is 0 Å². The van der Waals surface area contributed by atoms with Gasteiger partial charge in [0.15, 0.2) is 23.1 Å². The smallest absolute Gasteiger partial charge is 0.318 e. The zero-order chi connectivity index (χ0) is 25.9. The van der Waals surface area contributed by atoms with Crippen LogP contribution in [0.25, 0.3) is 21.5 Å². The lowest BCUT2D eigenvalue weighted by atomic mass is 9.97. The van der Waals surface area contributed by atoms with Crippen molar-refractivity contribution in [3.05, 3.63) is 108 Å². The van der Waals surface area contributed by atoms with Crippen molar-refractivity contribution in [2.45, 2.75) is 12.8 Å². The van der Waals surface area contributed by atoms with E-state index >= 15 is 0 Å². The molecule has 0 spiro atoms. The molecule has 1 atom stereocenters. The number of ether oxygens (including phenoxy) is 2. The normalized spacial score (nSPS) is 12.2. The summed E-state index contributed by atoms with van der Waals surface area (Å²) in [5.74, 6) is -1.89. The Hall–Kier alpha value is -4.65. The monoisotopic (exact) mass is 496 g/mol. The molecule has 5 rings (SSSR count). The molecule has 0 fully saturated rings. The van der Waals surface area contributed by atoms with Crippen LogP contribution in [0.5, 0.6) is 11.5 Å². The molecule has 7 heteroatoms. The number of hydrogen-bond donors (Lipinski definition) is 0. The molecule has 0 aliphatic carbocycles. The predicted molar refractivity (Wildman–Crippen MR) is 139 cm³/mol. The Morgan fingerprint density at radius 3 is 2.22 bits per heavy atom. The van der Waals surface area contributed by atoms with Crippen LogP contribution in [-0.2, 0) is 4.79 Å². The summed E-state index contributed by atoms with van der Waals surface area (Å²) in [6.45, 7) is 1.75. The number of rotatable bonds is 6. The van der Waals surface area contributed by atoms with E-state index in [0.717, 1.165) is 39.6 Å². The largest absolute Gasteiger partial charge is 0.497 e. The minimum Gasteiger partial charge on any atom is -0.497 e. The summed E-state index contributed by atoms with van der Waals surface area (Å²) in [6, 6.07) is 25.6. The van der Waals surface area contributed by atoms with E-state index in [2.05, 4.69) is 10.2 Å². The second-order valence-electron chi connectivity index (χ2n) is 8.52. The summed E-state index contributed by atoms with van der Waals surface area (Å²) in [4.78, 5) is 13.2. The maximum Gasteiger partial charge on any atom is 0.318 e. The van der Waals surface area contributed by atoms with Gasteiger partial charge >= 0.3 is 5.97 Å². The van der Waals surface area contributed by atoms with Crippen LogP contribution >= 0.6 is 0 Å². The first-order chi connectivity index (χ1) is 17.9. The van der Waals surface area contributed by atoms with Crippen LogP contribution in [0.3, 0.4) is 0 Å². The van der Waals surface area contributed by atoms with Gasteiger partial charge in [-0.1, -0.05) is 60.7 Å². The Morgan fingerprint density at radius 1 is 0.757 bits per heavy atom. The fraction of sp³-hybridized carbons (Fsp3) is 0.100. The van der Waals surface area contributed by atoms with Crippen LogP contribution in [0.15, 0.2) is 101 Å². The molecule has 5 aromatic carbocycles. The third kappa shape index (κ3) is 4.89. The highest BCUT2D eigenvalue weighted by molar-refractivity contribution is 5.96. The second-order valence-corrected chi connectivity index (χ2v) is 8.52. The van der Waals surface area contributed by atoms with Crippen molar-refractivity contribution >= 4 is 38.9 Å². The minimum absolute atomic E-state index is 0.140. The summed E-state index contributed by atoms with van der Waals surface area (Å²) in [5.41, 5.74) is 0.459. The molecule has 0 radical (unpaired) electrons. The maximum absolute atomic E-state index is 14.1. The van der Waals surface area contributed by atoms with Gasteiger partial charge in [-0.05, 0) is 59.0 Å². The van der Waals surface area contributed by atoms with Gasteiger partial charge in [-0.2, -0.15) is 0 Å². The quantitative estimate of drug-likeness (QED) is 0.135. The van der Waals surface area contributed by atoms with E-state index in [4.69, 9.17) is 9.47 Å². The van der Waals surface area contributed by atoms with Crippen LogP contribution in [-0.4, -0.2) is 13.1 Å². The maximum atomic E-state index is 14.1. The van der Waals surface area contributed by atoms with E-state index in [1.165, 1.54) is 6.07 Å². The van der Waals surface area contributed by atoms with Gasteiger partial charge in [0.05, 0.1) is 13.0 Å². The van der Waals surface area contributed by atoms with Crippen LogP contribution in [0.2, 0.25) is 0 Å². The Kier molecular flexibility index (Phi) is 6.60. The number of carbonyl (C=O) groups excluding carboxylic acids is 1. The van der Waals surface area contributed by atoms with Gasteiger partial charge in [0.25, 0.3) is 0 Å². The van der Waals surface area contributed by atoms with Crippen molar-refractivity contribution in [2.24, 2.45) is 10.2 Å². The lowest BCUT2D eigenvalue weighted by Gasteiger charge is -2.14. The van der Waals surface area contributed by atoms with Gasteiger partial charge < -0.3 is 9.47 Å². The molecule has 0 heterocycles. The molecule has 0 N–H and O–H groups in total. The molecule has 0 unspecified atom stereocenters. The highest BCUT2D eigenvalue weighted by Crippen LogP contribution is 2.38. The molecule has 0 amide bonds. The van der Waals surface area contributed by atoms with Gasteiger partial charge in [0.2, 0.25) is 0 Å². The van der Waals surface area contributed by atoms with Gasteiger partial charge in [0.1, 0.15) is 11.4 Å². The second kappa shape index (κ2) is 10.1. The molecule has 0 saturated heterocycles. The average Bonchev–Trinajstić information content (AvgIpc) is 2.92. The van der Waals surface area contributed by atoms with Crippen molar-refractivity contribution < 1.29 is 23.0 Å². The topological polar surface area (TPSA) is 60.2 Å². The van der Waals surface area contributed by atoms with E-state index in [1.54, 1.807) is 38.3 Å². The van der Waals surface area contributed by atoms with Crippen molar-refractivity contribution in [3.8, 4) is 11.5 Å². The van der Waals surface area contributed by atoms with Gasteiger partial charge in [0, 0.05) is 5.39 Å². The fourth-order valence-electron chi connectivity index (χ4n) is 4.08. The number of hydrogen-bond acceptors (Lipinski definition) is 5. The highest BCUT2D eigenvalue weighted by atomic mass is 19.1. The number of benzene rings is 5. The minimum atomic E-state index is -0.843. The number of methoxy groups -OCH3 is 1. The lowest BCUT2D eigenvalue weighted by Crippen LogP contribution is -2.16. The first kappa shape index (κ1) is 24.1. The number of halogens is 2. The Bertz CT molecular complexity index is 1650. The lowest BCUT2D eigenvalue weighted by molar-refractivity contribution is -0.135. The van der Waals surface area contributed by atoms with E-state index in [1.807, 2.05) is 48.5 Å². The molecule has 5 nitrogen and oxygen atoms in total. The van der Waals surface area contributed by atoms with E-state index < -0.39 is 29.2 Å². The number of azo groups is 1. The molecule has 0 bridgehead atoms. The van der Waals surface area contributed by atoms with Crippen molar-refractivity contribution in [1.82, 2.24) is 0 Å². The van der Waals surface area contributed by atoms with Gasteiger partial charge in [-0.25, -0.2) is 8.78 Å². The van der Waals surface area contributed by atoms with E-state index in [0.29, 0.717) is 5.39 Å². The summed E-state index contributed by atoms with van der Waals surface area (Å²) in [5, 5.41) is 11.3. The first-order valence-electron chi connectivity index (χ1n) is 11.6. The summed E-state index contributed by atoms with van der Waals surface area (Å²) in [6.07, 6.45) is 0. The Labute approximate surface area is 212 Å². The summed E-state index contributed by atoms with van der Waals surface area (Å²) in [7, 11) is 1.61. The number of carbonyl (C=O) groups is 1. The van der Waals surface area contributed by atoms with Gasteiger partial charge in [-0.3, -0.25) is 4.79 Å². The van der Waals surface area contributed by atoms with Gasteiger partial charge in [-0.15, -0.1) is 10.2 Å². The fourth-order valence-corrected chi connectivity index (χ4v) is 4.08. The predicted octanol–water partition coefficient (Wildman–Crippen LogP) is 8.40.